The Morgan fingerprint density at radius 3 is 2.58 bits per heavy atom. The van der Waals surface area contributed by atoms with E-state index in [4.69, 9.17) is 9.47 Å². The van der Waals surface area contributed by atoms with Gasteiger partial charge < -0.3 is 30.0 Å². The Kier molecular flexibility index (Phi) is 6.92. The second kappa shape index (κ2) is 10.3. The highest BCUT2D eigenvalue weighted by molar-refractivity contribution is 6.00. The van der Waals surface area contributed by atoms with Crippen LogP contribution in [-0.4, -0.2) is 64.6 Å². The third kappa shape index (κ3) is 4.56. The lowest BCUT2D eigenvalue weighted by atomic mass is 9.89. The van der Waals surface area contributed by atoms with Gasteiger partial charge in [-0.25, -0.2) is 4.98 Å². The van der Waals surface area contributed by atoms with Crippen molar-refractivity contribution in [2.24, 2.45) is 0 Å². The zero-order valence-electron chi connectivity index (χ0n) is 20.9. The van der Waals surface area contributed by atoms with E-state index in [1.807, 2.05) is 12.3 Å². The van der Waals surface area contributed by atoms with Crippen LogP contribution in [0.15, 0.2) is 35.4 Å². The van der Waals surface area contributed by atoms with E-state index in [1.165, 1.54) is 6.20 Å². The standard InChI is InChI=1S/C25H33N7O4/c1-26-22-13-21(28-19-5-4-12-31(25(19)34)15-6-8-16(35-2)9-7-15)30-23-17(14-27-32(22)23)24(33)29-18-10-11-20(18)36-3/h4-5,12-16,18,20,26H,6-11H2,1-3H3,(H,28,30)(H,29,33)/t15?,16?,18-,20-/m0/s1. The Morgan fingerprint density at radius 1 is 1.11 bits per heavy atom. The number of fused-ring (bicyclic) bond motifs is 1. The van der Waals surface area contributed by atoms with E-state index < -0.39 is 0 Å². The number of aromatic nitrogens is 4. The quantitative estimate of drug-likeness (QED) is 0.436. The largest absolute Gasteiger partial charge is 0.381 e. The van der Waals surface area contributed by atoms with E-state index in [-0.39, 0.29) is 35.8 Å². The molecule has 2 saturated carbocycles. The predicted octanol–water partition coefficient (Wildman–Crippen LogP) is 2.71. The number of methoxy groups -OCH3 is 2. The van der Waals surface area contributed by atoms with Gasteiger partial charge in [-0.1, -0.05) is 0 Å². The number of pyridine rings is 1. The maximum atomic E-state index is 13.3. The Labute approximate surface area is 209 Å². The van der Waals surface area contributed by atoms with Gasteiger partial charge in [-0.3, -0.25) is 9.59 Å². The summed E-state index contributed by atoms with van der Waals surface area (Å²) >= 11 is 0. The molecule has 3 N–H and O–H groups in total. The highest BCUT2D eigenvalue weighted by Crippen LogP contribution is 2.29. The van der Waals surface area contributed by atoms with Crippen molar-refractivity contribution in [2.45, 2.75) is 62.8 Å². The number of nitrogens with zero attached hydrogens (tertiary/aromatic N) is 4. The molecule has 36 heavy (non-hydrogen) atoms. The number of anilines is 3. The van der Waals surface area contributed by atoms with E-state index in [0.717, 1.165) is 38.5 Å². The molecule has 0 saturated heterocycles. The minimum atomic E-state index is -0.253. The number of nitrogens with one attached hydrogen (secondary N) is 3. The second-order valence-electron chi connectivity index (χ2n) is 9.43. The second-order valence-corrected chi connectivity index (χ2v) is 9.43. The molecule has 2 atom stereocenters. The van der Waals surface area contributed by atoms with Crippen molar-refractivity contribution in [2.75, 3.05) is 31.9 Å². The van der Waals surface area contributed by atoms with Crippen LogP contribution in [0.3, 0.4) is 0 Å². The van der Waals surface area contributed by atoms with Gasteiger partial charge in [-0.05, 0) is 50.7 Å². The highest BCUT2D eigenvalue weighted by atomic mass is 16.5. The summed E-state index contributed by atoms with van der Waals surface area (Å²) in [4.78, 5) is 31.0. The van der Waals surface area contributed by atoms with E-state index >= 15 is 0 Å². The summed E-state index contributed by atoms with van der Waals surface area (Å²) in [6.07, 6.45) is 9.11. The summed E-state index contributed by atoms with van der Waals surface area (Å²) in [7, 11) is 5.16. The van der Waals surface area contributed by atoms with Crippen molar-refractivity contribution in [1.29, 1.82) is 0 Å². The van der Waals surface area contributed by atoms with Crippen molar-refractivity contribution in [3.05, 3.63) is 46.5 Å². The van der Waals surface area contributed by atoms with Crippen LogP contribution in [0.1, 0.15) is 54.9 Å². The van der Waals surface area contributed by atoms with Gasteiger partial charge in [0.15, 0.2) is 5.65 Å². The Balaban J connectivity index is 1.41. The molecule has 5 rings (SSSR count). The maximum absolute atomic E-state index is 13.3. The minimum absolute atomic E-state index is 0.0238. The van der Waals surface area contributed by atoms with Crippen LogP contribution in [0.25, 0.3) is 5.65 Å². The molecule has 0 aromatic carbocycles. The first kappa shape index (κ1) is 24.3. The lowest BCUT2D eigenvalue weighted by Gasteiger charge is -2.35. The molecular weight excluding hydrogens is 462 g/mol. The fourth-order valence-electron chi connectivity index (χ4n) is 5.12. The Morgan fingerprint density at radius 2 is 1.92 bits per heavy atom. The zero-order valence-corrected chi connectivity index (χ0v) is 20.9. The fraction of sp³-hybridized carbons (Fsp3) is 0.520. The first-order chi connectivity index (χ1) is 17.5. The van der Waals surface area contributed by atoms with Gasteiger partial charge in [0.1, 0.15) is 22.9 Å². The molecule has 3 aromatic rings. The lowest BCUT2D eigenvalue weighted by Crippen LogP contribution is -2.51. The lowest BCUT2D eigenvalue weighted by molar-refractivity contribution is 0.00732. The van der Waals surface area contributed by atoms with Gasteiger partial charge >= 0.3 is 0 Å². The molecule has 2 fully saturated rings. The van der Waals surface area contributed by atoms with Gasteiger partial charge in [0.05, 0.1) is 24.4 Å². The van der Waals surface area contributed by atoms with Crippen molar-refractivity contribution in [3.8, 4) is 0 Å². The zero-order chi connectivity index (χ0) is 25.2. The molecule has 11 heteroatoms. The van der Waals surface area contributed by atoms with E-state index in [0.29, 0.717) is 28.5 Å². The average molecular weight is 496 g/mol. The minimum Gasteiger partial charge on any atom is -0.381 e. The molecule has 11 nitrogen and oxygen atoms in total. The summed E-state index contributed by atoms with van der Waals surface area (Å²) in [5, 5.41) is 13.6. The van der Waals surface area contributed by atoms with Crippen molar-refractivity contribution < 1.29 is 14.3 Å². The number of carbonyl (C=O) groups excluding carboxylic acids is 1. The number of carbonyl (C=O) groups is 1. The molecule has 1 amide bonds. The average Bonchev–Trinajstić information content (AvgIpc) is 3.32. The van der Waals surface area contributed by atoms with Crippen molar-refractivity contribution >= 4 is 28.9 Å². The fourth-order valence-corrected chi connectivity index (χ4v) is 5.12. The molecule has 2 aliphatic carbocycles. The van der Waals surface area contributed by atoms with Gasteiger partial charge in [-0.2, -0.15) is 9.61 Å². The number of amides is 1. The topological polar surface area (TPSA) is 124 Å². The van der Waals surface area contributed by atoms with Gasteiger partial charge in [-0.15, -0.1) is 0 Å². The van der Waals surface area contributed by atoms with Crippen LogP contribution in [0.5, 0.6) is 0 Å². The van der Waals surface area contributed by atoms with Gasteiger partial charge in [0.25, 0.3) is 11.5 Å². The molecule has 0 radical (unpaired) electrons. The van der Waals surface area contributed by atoms with Crippen molar-refractivity contribution in [3.63, 3.8) is 0 Å². The van der Waals surface area contributed by atoms with Gasteiger partial charge in [0.2, 0.25) is 0 Å². The van der Waals surface area contributed by atoms with Crippen LogP contribution in [0, 0.1) is 0 Å². The molecule has 0 spiro atoms. The summed E-state index contributed by atoms with van der Waals surface area (Å²) < 4.78 is 14.2. The highest BCUT2D eigenvalue weighted by Gasteiger charge is 2.33. The molecule has 3 aromatic heterocycles. The van der Waals surface area contributed by atoms with E-state index in [9.17, 15) is 9.59 Å². The third-order valence-electron chi connectivity index (χ3n) is 7.41. The van der Waals surface area contributed by atoms with E-state index in [2.05, 4.69) is 26.0 Å². The number of ether oxygens (including phenoxy) is 2. The first-order valence-corrected chi connectivity index (χ1v) is 12.4. The number of hydrogen-bond acceptors (Lipinski definition) is 8. The van der Waals surface area contributed by atoms with Crippen LogP contribution in [-0.2, 0) is 9.47 Å². The van der Waals surface area contributed by atoms with Crippen LogP contribution in [0.2, 0.25) is 0 Å². The normalized spacial score (nSPS) is 23.8. The number of rotatable bonds is 8. The van der Waals surface area contributed by atoms with E-state index in [1.54, 1.807) is 42.5 Å². The molecule has 0 unspecified atom stereocenters. The van der Waals surface area contributed by atoms with Crippen LogP contribution in [0.4, 0.5) is 17.3 Å². The smallest absolute Gasteiger partial charge is 0.274 e. The molecule has 0 aliphatic heterocycles. The predicted molar refractivity (Wildman–Crippen MR) is 136 cm³/mol. The SMILES string of the molecule is CNc1cc(Nc2cccn(C3CCC(OC)CC3)c2=O)nc2c(C(=O)N[C@H]3CC[C@@H]3OC)cnn12. The summed E-state index contributed by atoms with van der Waals surface area (Å²) in [6.45, 7) is 0. The summed E-state index contributed by atoms with van der Waals surface area (Å²) in [5.41, 5.74) is 1.07. The summed E-state index contributed by atoms with van der Waals surface area (Å²) in [5.74, 6) is 0.823. The molecule has 0 bridgehead atoms. The van der Waals surface area contributed by atoms with Crippen LogP contribution >= 0.6 is 0 Å². The monoisotopic (exact) mass is 495 g/mol. The molecular formula is C25H33N7O4. The number of hydrogen-bond donors (Lipinski definition) is 3. The van der Waals surface area contributed by atoms with Crippen molar-refractivity contribution in [1.82, 2.24) is 24.5 Å². The maximum Gasteiger partial charge on any atom is 0.274 e. The van der Waals surface area contributed by atoms with Gasteiger partial charge in [0, 0.05) is 39.6 Å². The van der Waals surface area contributed by atoms with Crippen LogP contribution < -0.4 is 21.5 Å². The molecule has 2 aliphatic rings. The first-order valence-electron chi connectivity index (χ1n) is 12.4. The molecule has 3 heterocycles. The Hall–Kier alpha value is -3.44. The third-order valence-corrected chi connectivity index (χ3v) is 7.41. The summed E-state index contributed by atoms with van der Waals surface area (Å²) in [6, 6.07) is 5.49. The Bertz CT molecular complexity index is 1290. The molecule has 192 valence electrons.